The van der Waals surface area contributed by atoms with Crippen LogP contribution >= 0.6 is 0 Å². The van der Waals surface area contributed by atoms with Crippen molar-refractivity contribution in [2.24, 2.45) is 16.8 Å². The van der Waals surface area contributed by atoms with Gasteiger partial charge in [0.2, 0.25) is 0 Å². The topological polar surface area (TPSA) is 45.1 Å². The van der Waals surface area contributed by atoms with Gasteiger partial charge in [0.25, 0.3) is 0 Å². The lowest BCUT2D eigenvalue weighted by atomic mass is 9.81. The Morgan fingerprint density at radius 3 is 2.50 bits per heavy atom. The Hall–Kier alpha value is -2.35. The molecular formula is C24H28F3N3O2. The van der Waals surface area contributed by atoms with Crippen molar-refractivity contribution in [3.63, 3.8) is 0 Å². The monoisotopic (exact) mass is 447 g/mol. The summed E-state index contributed by atoms with van der Waals surface area (Å²) in [6, 6.07) is 5.52. The molecule has 0 bridgehead atoms. The van der Waals surface area contributed by atoms with Gasteiger partial charge in [0.1, 0.15) is 0 Å². The molecule has 172 valence electrons. The Morgan fingerprint density at radius 1 is 1.03 bits per heavy atom. The van der Waals surface area contributed by atoms with Crippen molar-refractivity contribution < 1.29 is 22.7 Å². The van der Waals surface area contributed by atoms with E-state index in [1.54, 1.807) is 11.0 Å². The number of hydrogen-bond donors (Lipinski definition) is 0. The Kier molecular flexibility index (Phi) is 5.73. The third-order valence-electron chi connectivity index (χ3n) is 6.95. The fraction of sp³-hybridized carbons (Fsp3) is 0.583. The molecule has 2 unspecified atom stereocenters. The van der Waals surface area contributed by atoms with Gasteiger partial charge in [-0.2, -0.15) is 13.2 Å². The van der Waals surface area contributed by atoms with Gasteiger partial charge >= 0.3 is 12.2 Å². The number of ether oxygens (including phenoxy) is 1. The predicted octanol–water partition coefficient (Wildman–Crippen LogP) is 4.70. The van der Waals surface area contributed by atoms with E-state index >= 15 is 0 Å². The van der Waals surface area contributed by atoms with E-state index in [4.69, 9.17) is 9.73 Å². The standard InChI is InChI=1S/C24H28F3N3O2/c25-24(26,27)20-3-1-2-17(13-20)18-12-19(22-7-6-21(28-22)16-4-5-16)15-30(14-18)23(31)29-8-10-32-11-9-29/h1-3,6,13,16,18-19H,4-5,7-12,14-15H2. The number of piperidine rings is 1. The molecule has 1 aromatic carbocycles. The Morgan fingerprint density at radius 2 is 1.78 bits per heavy atom. The van der Waals surface area contributed by atoms with Crippen molar-refractivity contribution in [1.82, 2.24) is 9.80 Å². The smallest absolute Gasteiger partial charge is 0.378 e. The van der Waals surface area contributed by atoms with Gasteiger partial charge in [-0.15, -0.1) is 0 Å². The molecule has 1 aromatic rings. The minimum absolute atomic E-state index is 0.0519. The number of benzene rings is 1. The second-order valence-electron chi connectivity index (χ2n) is 9.25. The average molecular weight is 448 g/mol. The highest BCUT2D eigenvalue weighted by molar-refractivity contribution is 5.92. The molecular weight excluding hydrogens is 419 g/mol. The van der Waals surface area contributed by atoms with Crippen LogP contribution in [0.15, 0.2) is 41.0 Å². The number of halogens is 3. The van der Waals surface area contributed by atoms with Crippen LogP contribution < -0.4 is 0 Å². The molecule has 1 aliphatic carbocycles. The third kappa shape index (κ3) is 4.56. The van der Waals surface area contributed by atoms with Crippen molar-refractivity contribution in [1.29, 1.82) is 0 Å². The lowest BCUT2D eigenvalue weighted by Crippen LogP contribution is -2.53. The normalized spacial score (nSPS) is 26.7. The van der Waals surface area contributed by atoms with E-state index in [0.717, 1.165) is 23.9 Å². The van der Waals surface area contributed by atoms with E-state index in [2.05, 4.69) is 6.08 Å². The van der Waals surface area contributed by atoms with E-state index in [9.17, 15) is 18.0 Å². The van der Waals surface area contributed by atoms with Crippen LogP contribution in [0.5, 0.6) is 0 Å². The maximum atomic E-state index is 13.3. The highest BCUT2D eigenvalue weighted by Gasteiger charge is 2.38. The zero-order chi connectivity index (χ0) is 22.3. The number of nitrogens with zero attached hydrogens (tertiary/aromatic N) is 3. The van der Waals surface area contributed by atoms with E-state index in [1.807, 2.05) is 4.90 Å². The quantitative estimate of drug-likeness (QED) is 0.674. The number of urea groups is 1. The molecule has 5 rings (SSSR count). The van der Waals surface area contributed by atoms with Gasteiger partial charge in [0, 0.05) is 61.8 Å². The van der Waals surface area contributed by atoms with Crippen molar-refractivity contribution in [3.8, 4) is 0 Å². The number of amides is 2. The zero-order valence-electron chi connectivity index (χ0n) is 18.0. The van der Waals surface area contributed by atoms with Crippen molar-refractivity contribution >= 4 is 11.7 Å². The first-order valence-electron chi connectivity index (χ1n) is 11.4. The van der Waals surface area contributed by atoms with E-state index < -0.39 is 11.7 Å². The van der Waals surface area contributed by atoms with Gasteiger partial charge in [-0.05, 0) is 30.9 Å². The summed E-state index contributed by atoms with van der Waals surface area (Å²) in [5.41, 5.74) is 2.23. The van der Waals surface area contributed by atoms with Crippen molar-refractivity contribution in [2.45, 2.75) is 37.8 Å². The van der Waals surface area contributed by atoms with Gasteiger partial charge in [-0.3, -0.25) is 4.99 Å². The second kappa shape index (κ2) is 8.54. The Labute approximate surface area is 185 Å². The summed E-state index contributed by atoms with van der Waals surface area (Å²) in [4.78, 5) is 21.8. The van der Waals surface area contributed by atoms with E-state index in [-0.39, 0.29) is 17.9 Å². The fourth-order valence-electron chi connectivity index (χ4n) is 5.02. The number of alkyl halides is 3. The number of allylic oxidation sites excluding steroid dienone is 2. The molecule has 0 radical (unpaired) electrons. The van der Waals surface area contributed by atoms with Crippen molar-refractivity contribution in [3.05, 3.63) is 47.2 Å². The minimum Gasteiger partial charge on any atom is -0.378 e. The Bertz CT molecular complexity index is 933. The molecule has 8 heteroatoms. The van der Waals surface area contributed by atoms with Gasteiger partial charge in [0.15, 0.2) is 0 Å². The number of carbonyl (C=O) groups excluding carboxylic acids is 1. The van der Waals surface area contributed by atoms with Crippen LogP contribution in [0.25, 0.3) is 0 Å². The second-order valence-corrected chi connectivity index (χ2v) is 9.25. The first-order valence-corrected chi connectivity index (χ1v) is 11.4. The summed E-state index contributed by atoms with van der Waals surface area (Å²) in [5, 5.41) is 0. The molecule has 0 aromatic heterocycles. The molecule has 2 amide bonds. The number of morpholine rings is 1. The number of rotatable bonds is 3. The molecule has 2 saturated heterocycles. The van der Waals surface area contributed by atoms with Crippen LogP contribution in [0.1, 0.15) is 42.7 Å². The SMILES string of the molecule is O=C(N1CCOCC1)N1CC(C2=NC(C3CC3)=CC2)CC(c2cccc(C(F)(F)F)c2)C1. The summed E-state index contributed by atoms with van der Waals surface area (Å²) in [6.45, 7) is 3.11. The average Bonchev–Trinajstić information content (AvgIpc) is 3.54. The number of likely N-dealkylation sites (tertiary alicyclic amines) is 1. The predicted molar refractivity (Wildman–Crippen MR) is 115 cm³/mol. The van der Waals surface area contributed by atoms with Crippen LogP contribution in [0, 0.1) is 11.8 Å². The van der Waals surface area contributed by atoms with Crippen LogP contribution in [0.3, 0.4) is 0 Å². The minimum atomic E-state index is -4.38. The van der Waals surface area contributed by atoms with E-state index in [1.165, 1.54) is 25.0 Å². The molecule has 3 heterocycles. The molecule has 32 heavy (non-hydrogen) atoms. The number of aliphatic imine (C=N–C) groups is 1. The molecule has 2 atom stereocenters. The highest BCUT2D eigenvalue weighted by atomic mass is 19.4. The molecule has 0 N–H and O–H groups in total. The van der Waals surface area contributed by atoms with Crippen molar-refractivity contribution in [2.75, 3.05) is 39.4 Å². The highest BCUT2D eigenvalue weighted by Crippen LogP contribution is 2.41. The van der Waals surface area contributed by atoms with Gasteiger partial charge in [-0.1, -0.05) is 24.3 Å². The number of hydrogen-bond acceptors (Lipinski definition) is 3. The molecule has 5 nitrogen and oxygen atoms in total. The summed E-state index contributed by atoms with van der Waals surface area (Å²) in [6.07, 6.45) is 1.66. The maximum Gasteiger partial charge on any atom is 0.416 e. The summed E-state index contributed by atoms with van der Waals surface area (Å²) < 4.78 is 45.3. The van der Waals surface area contributed by atoms with Crippen LogP contribution in [-0.2, 0) is 10.9 Å². The number of carbonyl (C=O) groups is 1. The van der Waals surface area contributed by atoms with Gasteiger partial charge in [0.05, 0.1) is 18.8 Å². The molecule has 3 fully saturated rings. The first kappa shape index (κ1) is 21.5. The van der Waals surface area contributed by atoms with Gasteiger partial charge < -0.3 is 14.5 Å². The fourth-order valence-corrected chi connectivity index (χ4v) is 5.02. The zero-order valence-corrected chi connectivity index (χ0v) is 18.0. The molecule has 3 aliphatic heterocycles. The molecule has 4 aliphatic rings. The summed E-state index contributed by atoms with van der Waals surface area (Å²) in [7, 11) is 0. The summed E-state index contributed by atoms with van der Waals surface area (Å²) >= 11 is 0. The molecule has 1 saturated carbocycles. The lowest BCUT2D eigenvalue weighted by molar-refractivity contribution is -0.137. The lowest BCUT2D eigenvalue weighted by Gasteiger charge is -2.41. The van der Waals surface area contributed by atoms with Crippen LogP contribution in [-0.4, -0.2) is 60.9 Å². The van der Waals surface area contributed by atoms with Crippen LogP contribution in [0.2, 0.25) is 0 Å². The first-order chi connectivity index (χ1) is 15.4. The maximum absolute atomic E-state index is 13.3. The Balaban J connectivity index is 1.40. The van der Waals surface area contributed by atoms with Gasteiger partial charge in [-0.25, -0.2) is 4.79 Å². The summed E-state index contributed by atoms with van der Waals surface area (Å²) in [5.74, 6) is 0.468. The van der Waals surface area contributed by atoms with E-state index in [0.29, 0.717) is 57.3 Å². The molecule has 0 spiro atoms. The third-order valence-corrected chi connectivity index (χ3v) is 6.95. The largest absolute Gasteiger partial charge is 0.416 e. The van der Waals surface area contributed by atoms with Crippen LogP contribution in [0.4, 0.5) is 18.0 Å².